The third-order valence-electron chi connectivity index (χ3n) is 2.31. The van der Waals surface area contributed by atoms with Crippen molar-refractivity contribution in [3.63, 3.8) is 0 Å². The number of hydrogen-bond acceptors (Lipinski definition) is 7. The van der Waals surface area contributed by atoms with Crippen molar-refractivity contribution in [2.45, 2.75) is 6.92 Å². The van der Waals surface area contributed by atoms with Gasteiger partial charge in [-0.15, -0.1) is 0 Å². The number of nitro benzene ring substituents is 1. The van der Waals surface area contributed by atoms with Crippen molar-refractivity contribution in [3.05, 3.63) is 33.6 Å². The lowest BCUT2D eigenvalue weighted by atomic mass is 10.1. The second kappa shape index (κ2) is 7.17. The summed E-state index contributed by atoms with van der Waals surface area (Å²) in [6, 6.07) is 1.78. The molecule has 0 N–H and O–H groups in total. The molecule has 8 nitrogen and oxygen atoms in total. The molecule has 0 unspecified atom stereocenters. The van der Waals surface area contributed by atoms with E-state index in [0.29, 0.717) is 0 Å². The van der Waals surface area contributed by atoms with Crippen molar-refractivity contribution in [1.29, 1.82) is 0 Å². The van der Waals surface area contributed by atoms with Gasteiger partial charge in [0.1, 0.15) is 18.8 Å². The van der Waals surface area contributed by atoms with Gasteiger partial charge in [0.05, 0.1) is 12.0 Å². The first kappa shape index (κ1) is 16.3. The molecule has 9 heteroatoms. The summed E-state index contributed by atoms with van der Waals surface area (Å²) in [4.78, 5) is 32.0. The molecule has 0 aliphatic rings. The molecule has 0 saturated heterocycles. The molecule has 0 fully saturated rings. The van der Waals surface area contributed by atoms with Gasteiger partial charge in [-0.1, -0.05) is 0 Å². The van der Waals surface area contributed by atoms with E-state index < -0.39 is 34.1 Å². The molecule has 1 aromatic rings. The highest BCUT2D eigenvalue weighted by atomic mass is 19.1. The smallest absolute Gasteiger partial charge is 0.347 e. The average Bonchev–Trinajstić information content (AvgIpc) is 2.42. The maximum atomic E-state index is 13.5. The Kier molecular flexibility index (Phi) is 5.58. The van der Waals surface area contributed by atoms with Gasteiger partial charge in [0.2, 0.25) is 11.6 Å². The summed E-state index contributed by atoms with van der Waals surface area (Å²) >= 11 is 0. The number of carbonyl (C=O) groups is 2. The zero-order valence-corrected chi connectivity index (χ0v) is 11.3. The Balaban J connectivity index is 3.10. The monoisotopic (exact) mass is 301 g/mol. The molecule has 0 saturated carbocycles. The maximum Gasteiger partial charge on any atom is 0.347 e. The normalized spacial score (nSPS) is 9.86. The first-order chi connectivity index (χ1) is 9.88. The van der Waals surface area contributed by atoms with Crippen LogP contribution in [0.2, 0.25) is 0 Å². The number of benzene rings is 1. The fraction of sp³-hybridized carbons (Fsp3) is 0.333. The Morgan fingerprint density at radius 2 is 2.00 bits per heavy atom. The van der Waals surface area contributed by atoms with Crippen LogP contribution in [0.1, 0.15) is 17.3 Å². The molecule has 0 amide bonds. The third kappa shape index (κ3) is 4.13. The van der Waals surface area contributed by atoms with Crippen molar-refractivity contribution >= 4 is 17.6 Å². The summed E-state index contributed by atoms with van der Waals surface area (Å²) in [6.07, 6.45) is 0. The number of nitrogens with zero attached hydrogens (tertiary/aromatic N) is 1. The number of methoxy groups -OCH3 is 1. The molecule has 0 aromatic heterocycles. The summed E-state index contributed by atoms with van der Waals surface area (Å²) in [7, 11) is 1.07. The molecule has 0 aliphatic carbocycles. The molecule has 0 radical (unpaired) electrons. The SMILES string of the molecule is COC(=O)c1ccc(F)c([N+](=O)[O-])c1OCCOC(C)=O. The largest absolute Gasteiger partial charge is 0.483 e. The molecule has 21 heavy (non-hydrogen) atoms. The highest BCUT2D eigenvalue weighted by Gasteiger charge is 2.28. The number of esters is 2. The lowest BCUT2D eigenvalue weighted by molar-refractivity contribution is -0.388. The van der Waals surface area contributed by atoms with Crippen LogP contribution in [0.25, 0.3) is 0 Å². The van der Waals surface area contributed by atoms with E-state index in [0.717, 1.165) is 19.2 Å². The predicted molar refractivity (Wildman–Crippen MR) is 66.5 cm³/mol. The number of ether oxygens (including phenoxy) is 3. The first-order valence-corrected chi connectivity index (χ1v) is 5.69. The highest BCUT2D eigenvalue weighted by Crippen LogP contribution is 2.34. The Hall–Kier alpha value is -2.71. The molecule has 0 heterocycles. The molecule has 0 spiro atoms. The number of nitro groups is 1. The predicted octanol–water partition coefficient (Wildman–Crippen LogP) is 1.46. The van der Waals surface area contributed by atoms with Crippen LogP contribution in [0, 0.1) is 15.9 Å². The van der Waals surface area contributed by atoms with Crippen LogP contribution in [0.5, 0.6) is 5.75 Å². The van der Waals surface area contributed by atoms with Gasteiger partial charge in [-0.2, -0.15) is 4.39 Å². The number of rotatable bonds is 6. The second-order valence-corrected chi connectivity index (χ2v) is 3.71. The fourth-order valence-corrected chi connectivity index (χ4v) is 1.46. The number of carbonyl (C=O) groups excluding carboxylic acids is 2. The minimum Gasteiger partial charge on any atom is -0.483 e. The summed E-state index contributed by atoms with van der Waals surface area (Å²) in [6.45, 7) is 0.683. The van der Waals surface area contributed by atoms with E-state index >= 15 is 0 Å². The molecular weight excluding hydrogens is 289 g/mol. The molecule has 114 valence electrons. The zero-order valence-electron chi connectivity index (χ0n) is 11.3. The van der Waals surface area contributed by atoms with Gasteiger partial charge in [0.25, 0.3) is 0 Å². The molecular formula is C12H12FNO7. The fourth-order valence-electron chi connectivity index (χ4n) is 1.46. The first-order valence-electron chi connectivity index (χ1n) is 5.69. The van der Waals surface area contributed by atoms with Crippen LogP contribution in [-0.4, -0.2) is 37.2 Å². The molecule has 0 atom stereocenters. The van der Waals surface area contributed by atoms with Crippen LogP contribution < -0.4 is 4.74 Å². The van der Waals surface area contributed by atoms with Gasteiger partial charge in [0, 0.05) is 6.92 Å². The summed E-state index contributed by atoms with van der Waals surface area (Å²) in [5, 5.41) is 10.9. The lowest BCUT2D eigenvalue weighted by Gasteiger charge is -2.11. The molecule has 0 bridgehead atoms. The van der Waals surface area contributed by atoms with Crippen LogP contribution in [-0.2, 0) is 14.3 Å². The van der Waals surface area contributed by atoms with Crippen molar-refractivity contribution in [1.82, 2.24) is 0 Å². The van der Waals surface area contributed by atoms with E-state index in [9.17, 15) is 24.1 Å². The van der Waals surface area contributed by atoms with Crippen molar-refractivity contribution in [3.8, 4) is 5.75 Å². The number of halogens is 1. The molecule has 0 aliphatic heterocycles. The summed E-state index contributed by atoms with van der Waals surface area (Å²) in [5.41, 5.74) is -1.28. The number of hydrogen-bond donors (Lipinski definition) is 0. The van der Waals surface area contributed by atoms with Gasteiger partial charge >= 0.3 is 17.6 Å². The Morgan fingerprint density at radius 3 is 2.52 bits per heavy atom. The highest BCUT2D eigenvalue weighted by molar-refractivity contribution is 5.94. The van der Waals surface area contributed by atoms with E-state index in [1.165, 1.54) is 6.92 Å². The third-order valence-corrected chi connectivity index (χ3v) is 2.31. The van der Waals surface area contributed by atoms with E-state index in [4.69, 9.17) is 4.74 Å². The van der Waals surface area contributed by atoms with Crippen LogP contribution in [0.3, 0.4) is 0 Å². The van der Waals surface area contributed by atoms with Crippen LogP contribution >= 0.6 is 0 Å². The van der Waals surface area contributed by atoms with E-state index in [-0.39, 0.29) is 18.8 Å². The van der Waals surface area contributed by atoms with E-state index in [1.54, 1.807) is 0 Å². The van der Waals surface area contributed by atoms with Crippen LogP contribution in [0.4, 0.5) is 10.1 Å². The Labute approximate surface area is 118 Å². The Morgan fingerprint density at radius 1 is 1.33 bits per heavy atom. The minimum atomic E-state index is -1.16. The summed E-state index contributed by atoms with van der Waals surface area (Å²) < 4.78 is 27.6. The Bertz CT molecular complexity index is 573. The van der Waals surface area contributed by atoms with Crippen molar-refractivity contribution in [2.24, 2.45) is 0 Å². The zero-order chi connectivity index (χ0) is 16.0. The van der Waals surface area contributed by atoms with Crippen molar-refractivity contribution < 1.29 is 33.1 Å². The van der Waals surface area contributed by atoms with Gasteiger partial charge in [-0.3, -0.25) is 14.9 Å². The minimum absolute atomic E-state index is 0.205. The van der Waals surface area contributed by atoms with Crippen molar-refractivity contribution in [2.75, 3.05) is 20.3 Å². The van der Waals surface area contributed by atoms with Gasteiger partial charge in [-0.05, 0) is 12.1 Å². The van der Waals surface area contributed by atoms with Gasteiger partial charge in [-0.25, -0.2) is 4.79 Å². The second-order valence-electron chi connectivity index (χ2n) is 3.71. The topological polar surface area (TPSA) is 105 Å². The summed E-state index contributed by atoms with van der Waals surface area (Å²) in [5.74, 6) is -3.21. The molecule has 1 aromatic carbocycles. The van der Waals surface area contributed by atoms with Gasteiger partial charge in [0.15, 0.2) is 0 Å². The lowest BCUT2D eigenvalue weighted by Crippen LogP contribution is -2.14. The van der Waals surface area contributed by atoms with Gasteiger partial charge < -0.3 is 14.2 Å². The average molecular weight is 301 g/mol. The standard InChI is InChI=1S/C12H12FNO7/c1-7(15)20-5-6-21-11-8(12(16)19-2)3-4-9(13)10(11)14(17)18/h3-4H,5-6H2,1-2H3. The quantitative estimate of drug-likeness (QED) is 0.339. The maximum absolute atomic E-state index is 13.5. The van der Waals surface area contributed by atoms with Crippen LogP contribution in [0.15, 0.2) is 12.1 Å². The van der Waals surface area contributed by atoms with E-state index in [1.807, 2.05) is 0 Å². The molecule has 1 rings (SSSR count). The van der Waals surface area contributed by atoms with E-state index in [2.05, 4.69) is 9.47 Å².